The summed E-state index contributed by atoms with van der Waals surface area (Å²) in [7, 11) is 0. The van der Waals surface area contributed by atoms with Crippen molar-refractivity contribution < 1.29 is 4.74 Å². The molecule has 0 unspecified atom stereocenters. The average molecular weight is 306 g/mol. The molecule has 4 nitrogen and oxygen atoms in total. The summed E-state index contributed by atoms with van der Waals surface area (Å²) < 4.78 is 5.62. The molecule has 2 rings (SSSR count). The second-order valence-corrected chi connectivity index (χ2v) is 5.07. The Balaban J connectivity index is 2.34. The second kappa shape index (κ2) is 7.27. The van der Waals surface area contributed by atoms with Crippen LogP contribution in [0.2, 0.25) is 5.15 Å². The van der Waals surface area contributed by atoms with Crippen LogP contribution in [0.1, 0.15) is 31.7 Å². The van der Waals surface area contributed by atoms with E-state index >= 15 is 0 Å². The Bertz CT molecular complexity index is 616. The number of benzene rings is 1. The lowest BCUT2D eigenvalue weighted by Gasteiger charge is -2.14. The summed E-state index contributed by atoms with van der Waals surface area (Å²) in [5, 5.41) is 3.80. The highest BCUT2D eigenvalue weighted by Gasteiger charge is 2.11. The van der Waals surface area contributed by atoms with Crippen molar-refractivity contribution in [2.45, 2.75) is 33.6 Å². The van der Waals surface area contributed by atoms with Gasteiger partial charge < -0.3 is 10.1 Å². The van der Waals surface area contributed by atoms with Crippen LogP contribution in [0.15, 0.2) is 24.3 Å². The molecular weight excluding hydrogens is 286 g/mol. The van der Waals surface area contributed by atoms with Crippen LogP contribution < -0.4 is 10.1 Å². The lowest BCUT2D eigenvalue weighted by atomic mass is 10.2. The number of ether oxygens (including phenoxy) is 1. The largest absolute Gasteiger partial charge is 0.492 e. The predicted molar refractivity (Wildman–Crippen MR) is 86.7 cm³/mol. The lowest BCUT2D eigenvalue weighted by Crippen LogP contribution is -2.05. The Labute approximate surface area is 130 Å². The number of anilines is 2. The average Bonchev–Trinajstić information content (AvgIpc) is 2.47. The van der Waals surface area contributed by atoms with Crippen LogP contribution in [0.3, 0.4) is 0 Å². The minimum Gasteiger partial charge on any atom is -0.492 e. The van der Waals surface area contributed by atoms with Crippen molar-refractivity contribution in [2.24, 2.45) is 0 Å². The molecule has 1 aromatic carbocycles. The summed E-state index contributed by atoms with van der Waals surface area (Å²) in [4.78, 5) is 8.86. The van der Waals surface area contributed by atoms with Gasteiger partial charge in [-0.05, 0) is 32.4 Å². The van der Waals surface area contributed by atoms with Gasteiger partial charge in [0.15, 0.2) is 0 Å². The molecule has 1 aromatic heterocycles. The highest BCUT2D eigenvalue weighted by molar-refractivity contribution is 6.30. The first-order valence-electron chi connectivity index (χ1n) is 7.17. The molecule has 0 spiro atoms. The summed E-state index contributed by atoms with van der Waals surface area (Å²) >= 11 is 6.20. The van der Waals surface area contributed by atoms with E-state index in [1.807, 2.05) is 38.1 Å². The fraction of sp³-hybridized carbons (Fsp3) is 0.375. The lowest BCUT2D eigenvalue weighted by molar-refractivity contribution is 0.342. The Hall–Kier alpha value is -1.81. The number of hydrogen-bond donors (Lipinski definition) is 1. The summed E-state index contributed by atoms with van der Waals surface area (Å²) in [6.45, 7) is 6.57. The first-order valence-corrected chi connectivity index (χ1v) is 7.55. The normalized spacial score (nSPS) is 10.5. The maximum Gasteiger partial charge on any atom is 0.142 e. The number of rotatable bonds is 6. The molecule has 0 aliphatic rings. The number of aryl methyl sites for hydroxylation is 1. The topological polar surface area (TPSA) is 47.0 Å². The fourth-order valence-electron chi connectivity index (χ4n) is 1.97. The van der Waals surface area contributed by atoms with E-state index in [1.165, 1.54) is 0 Å². The number of aromatic nitrogens is 2. The molecule has 0 saturated carbocycles. The maximum atomic E-state index is 6.20. The molecule has 5 heteroatoms. The van der Waals surface area contributed by atoms with Gasteiger partial charge in [-0.3, -0.25) is 0 Å². The smallest absolute Gasteiger partial charge is 0.142 e. The molecule has 2 aromatic rings. The summed E-state index contributed by atoms with van der Waals surface area (Å²) in [6, 6.07) is 7.78. The summed E-state index contributed by atoms with van der Waals surface area (Å²) in [5.74, 6) is 2.28. The number of halogens is 1. The minimum atomic E-state index is 0.491. The van der Waals surface area contributed by atoms with Crippen molar-refractivity contribution in [3.8, 4) is 5.75 Å². The molecule has 0 atom stereocenters. The molecular formula is C16H20ClN3O. The van der Waals surface area contributed by atoms with Crippen molar-refractivity contribution in [3.63, 3.8) is 0 Å². The van der Waals surface area contributed by atoms with Gasteiger partial charge in [0.05, 0.1) is 12.3 Å². The first kappa shape index (κ1) is 15.6. The zero-order valence-corrected chi connectivity index (χ0v) is 13.4. The fourth-order valence-corrected chi connectivity index (χ4v) is 2.16. The standard InChI is InChI=1S/C16H20ClN3O/c1-4-8-14-19-15(17)11(3)16(20-14)18-12-9-6-7-10-13(12)21-5-2/h6-7,9-10H,4-5,8H2,1-3H3,(H,18,19,20). The van der Waals surface area contributed by atoms with Gasteiger partial charge in [-0.1, -0.05) is 30.7 Å². The molecule has 0 saturated heterocycles. The third-order valence-corrected chi connectivity index (χ3v) is 3.41. The molecule has 21 heavy (non-hydrogen) atoms. The second-order valence-electron chi connectivity index (χ2n) is 4.71. The van der Waals surface area contributed by atoms with Gasteiger partial charge in [-0.2, -0.15) is 0 Å². The zero-order chi connectivity index (χ0) is 15.2. The zero-order valence-electron chi connectivity index (χ0n) is 12.6. The molecule has 1 heterocycles. The Morgan fingerprint density at radius 1 is 1.19 bits per heavy atom. The van der Waals surface area contributed by atoms with Crippen LogP contribution in [-0.4, -0.2) is 16.6 Å². The molecule has 0 aliphatic heterocycles. The molecule has 0 radical (unpaired) electrons. The van der Waals surface area contributed by atoms with Crippen molar-refractivity contribution in [2.75, 3.05) is 11.9 Å². The van der Waals surface area contributed by atoms with Crippen LogP contribution in [0.5, 0.6) is 5.75 Å². The highest BCUT2D eigenvalue weighted by atomic mass is 35.5. The van der Waals surface area contributed by atoms with Crippen molar-refractivity contribution in [1.82, 2.24) is 9.97 Å². The van der Waals surface area contributed by atoms with E-state index < -0.39 is 0 Å². The molecule has 0 amide bonds. The molecule has 0 aliphatic carbocycles. The van der Waals surface area contributed by atoms with E-state index in [4.69, 9.17) is 16.3 Å². The van der Waals surface area contributed by atoms with Gasteiger partial charge in [-0.15, -0.1) is 0 Å². The summed E-state index contributed by atoms with van der Waals surface area (Å²) in [6.07, 6.45) is 1.79. The molecule has 0 bridgehead atoms. The van der Waals surface area contributed by atoms with Gasteiger partial charge in [-0.25, -0.2) is 9.97 Å². The highest BCUT2D eigenvalue weighted by Crippen LogP contribution is 2.29. The molecule has 112 valence electrons. The third kappa shape index (κ3) is 3.85. The maximum absolute atomic E-state index is 6.20. The Morgan fingerprint density at radius 2 is 1.95 bits per heavy atom. The van der Waals surface area contributed by atoms with E-state index in [2.05, 4.69) is 22.2 Å². The van der Waals surface area contributed by atoms with Crippen molar-refractivity contribution >= 4 is 23.1 Å². The van der Waals surface area contributed by atoms with E-state index in [-0.39, 0.29) is 0 Å². The van der Waals surface area contributed by atoms with E-state index in [0.29, 0.717) is 11.8 Å². The van der Waals surface area contributed by atoms with Crippen LogP contribution >= 0.6 is 11.6 Å². The quantitative estimate of drug-likeness (QED) is 0.796. The number of nitrogens with one attached hydrogen (secondary N) is 1. The molecule has 1 N–H and O–H groups in total. The number of nitrogens with zero attached hydrogens (tertiary/aromatic N) is 2. The number of hydrogen-bond acceptors (Lipinski definition) is 4. The van der Waals surface area contributed by atoms with Crippen molar-refractivity contribution in [1.29, 1.82) is 0 Å². The van der Waals surface area contributed by atoms with Gasteiger partial charge in [0.1, 0.15) is 22.5 Å². The SMILES string of the molecule is CCCc1nc(Cl)c(C)c(Nc2ccccc2OCC)n1. The first-order chi connectivity index (χ1) is 10.2. The Morgan fingerprint density at radius 3 is 2.67 bits per heavy atom. The van der Waals surface area contributed by atoms with E-state index in [0.717, 1.165) is 41.5 Å². The van der Waals surface area contributed by atoms with Gasteiger partial charge in [0.2, 0.25) is 0 Å². The Kier molecular flexibility index (Phi) is 5.39. The van der Waals surface area contributed by atoms with Gasteiger partial charge in [0.25, 0.3) is 0 Å². The van der Waals surface area contributed by atoms with Crippen molar-refractivity contribution in [3.05, 3.63) is 40.8 Å². The van der Waals surface area contributed by atoms with Gasteiger partial charge in [0, 0.05) is 12.0 Å². The minimum absolute atomic E-state index is 0.491. The van der Waals surface area contributed by atoms with Crippen LogP contribution in [-0.2, 0) is 6.42 Å². The summed E-state index contributed by atoms with van der Waals surface area (Å²) in [5.41, 5.74) is 1.71. The van der Waals surface area contributed by atoms with Crippen LogP contribution in [0, 0.1) is 6.92 Å². The third-order valence-electron chi connectivity index (χ3n) is 3.05. The van der Waals surface area contributed by atoms with Crippen LogP contribution in [0.4, 0.5) is 11.5 Å². The van der Waals surface area contributed by atoms with Crippen LogP contribution in [0.25, 0.3) is 0 Å². The predicted octanol–water partition coefficient (Wildman–Crippen LogP) is 4.53. The molecule has 0 fully saturated rings. The monoisotopic (exact) mass is 305 g/mol. The van der Waals surface area contributed by atoms with E-state index in [1.54, 1.807) is 0 Å². The van der Waals surface area contributed by atoms with E-state index in [9.17, 15) is 0 Å². The number of para-hydroxylation sites is 2. The van der Waals surface area contributed by atoms with Gasteiger partial charge >= 0.3 is 0 Å².